The van der Waals surface area contributed by atoms with Crippen LogP contribution in [-0.2, 0) is 24.8 Å². The van der Waals surface area contributed by atoms with E-state index in [4.69, 9.17) is 30.6 Å². The van der Waals surface area contributed by atoms with Gasteiger partial charge in [0, 0.05) is 0 Å². The van der Waals surface area contributed by atoms with Gasteiger partial charge in [-0.05, 0) is 48.4 Å². The number of anilines is 1. The van der Waals surface area contributed by atoms with Gasteiger partial charge < -0.3 is 29.3 Å². The third kappa shape index (κ3) is 5.58. The second-order valence-corrected chi connectivity index (χ2v) is 12.8. The summed E-state index contributed by atoms with van der Waals surface area (Å²) >= 11 is 6.21. The van der Waals surface area contributed by atoms with Crippen molar-refractivity contribution in [3.63, 3.8) is 0 Å². The van der Waals surface area contributed by atoms with Crippen LogP contribution in [0.2, 0.25) is 5.28 Å². The minimum atomic E-state index is -4.70. The SMILES string of the molecule is O=P(O)(O)CP(=O)(O)OC[C@@H]1CC[C@H](n2nnc3c(N[C@H]4CCc5ccccc54)nc(Cl)nc32)O1. The molecule has 1 saturated heterocycles. The topological polar surface area (TPSA) is 182 Å². The van der Waals surface area contributed by atoms with Gasteiger partial charge in [0.1, 0.15) is 0 Å². The van der Waals surface area contributed by atoms with E-state index in [-0.39, 0.29) is 17.9 Å². The first kappa shape index (κ1) is 24.7. The van der Waals surface area contributed by atoms with Crippen molar-refractivity contribution in [3.05, 3.63) is 40.7 Å². The normalized spacial score (nSPS) is 23.9. The van der Waals surface area contributed by atoms with Gasteiger partial charge in [-0.2, -0.15) is 14.6 Å². The molecule has 0 spiro atoms. The average molecular weight is 545 g/mol. The molecule has 1 aliphatic carbocycles. The number of rotatable bonds is 8. The van der Waals surface area contributed by atoms with Crippen molar-refractivity contribution in [1.82, 2.24) is 25.0 Å². The summed E-state index contributed by atoms with van der Waals surface area (Å²) < 4.78 is 35.1. The molecular weight excluding hydrogens is 522 g/mol. The summed E-state index contributed by atoms with van der Waals surface area (Å²) in [5.41, 5.74) is 3.29. The van der Waals surface area contributed by atoms with Crippen molar-refractivity contribution in [2.75, 3.05) is 17.8 Å². The third-order valence-electron chi connectivity index (χ3n) is 5.92. The van der Waals surface area contributed by atoms with Crippen LogP contribution in [0.25, 0.3) is 11.2 Å². The fourth-order valence-electron chi connectivity index (χ4n) is 4.43. The van der Waals surface area contributed by atoms with Gasteiger partial charge in [-0.25, -0.2) is 0 Å². The lowest BCUT2D eigenvalue weighted by Crippen LogP contribution is -2.17. The van der Waals surface area contributed by atoms with E-state index < -0.39 is 33.4 Å². The first-order valence-corrected chi connectivity index (χ1v) is 14.8. The number of halogens is 1. The van der Waals surface area contributed by atoms with Gasteiger partial charge in [-0.3, -0.25) is 9.13 Å². The van der Waals surface area contributed by atoms with Gasteiger partial charge >= 0.3 is 15.2 Å². The molecule has 0 bridgehead atoms. The number of nitrogens with one attached hydrogen (secondary N) is 1. The molecule has 2 aliphatic rings. The van der Waals surface area contributed by atoms with E-state index in [0.717, 1.165) is 12.8 Å². The van der Waals surface area contributed by atoms with E-state index in [0.29, 0.717) is 29.8 Å². The Hall–Kier alpha value is -1.95. The van der Waals surface area contributed by atoms with E-state index in [1.165, 1.54) is 15.8 Å². The number of aryl methyl sites for hydroxylation is 1. The smallest absolute Gasteiger partial charge is 0.340 e. The highest BCUT2D eigenvalue weighted by Gasteiger charge is 2.35. The first-order valence-electron chi connectivity index (χ1n) is 10.9. The Morgan fingerprint density at radius 2 is 1.97 bits per heavy atom. The highest BCUT2D eigenvalue weighted by molar-refractivity contribution is 7.70. The Balaban J connectivity index is 1.30. The number of fused-ring (bicyclic) bond motifs is 2. The molecule has 1 aliphatic heterocycles. The molecule has 0 saturated carbocycles. The zero-order valence-electron chi connectivity index (χ0n) is 18.3. The Morgan fingerprint density at radius 1 is 1.17 bits per heavy atom. The van der Waals surface area contributed by atoms with E-state index in [1.54, 1.807) is 0 Å². The Kier molecular flexibility index (Phi) is 6.71. The fourth-order valence-corrected chi connectivity index (χ4v) is 7.19. The van der Waals surface area contributed by atoms with Gasteiger partial charge in [-0.1, -0.05) is 29.5 Å². The first-order chi connectivity index (χ1) is 16.6. The number of benzene rings is 1. The van der Waals surface area contributed by atoms with E-state index in [2.05, 4.69) is 37.7 Å². The quantitative estimate of drug-likeness (QED) is 0.241. The standard InChI is InChI=1S/C19H23ClN6O7P2/c20-19-22-17(21-14-7-5-11-3-1-2-4-13(11)14)16-18(23-19)26(25-24-16)15-8-6-12(33-15)9-32-35(30,31)10-34(27,28)29/h1-4,12,14-15H,5-10H2,(H,30,31)(H,21,22,23)(H2,27,28,29)/t12-,14-,15+/m0/s1. The van der Waals surface area contributed by atoms with Crippen LogP contribution in [0, 0.1) is 0 Å². The molecule has 3 heterocycles. The largest absolute Gasteiger partial charge is 0.361 e. The van der Waals surface area contributed by atoms with Crippen LogP contribution < -0.4 is 5.32 Å². The van der Waals surface area contributed by atoms with Crippen molar-refractivity contribution in [2.24, 2.45) is 0 Å². The van der Waals surface area contributed by atoms with Crippen LogP contribution in [0.15, 0.2) is 24.3 Å². The molecule has 1 unspecified atom stereocenters. The van der Waals surface area contributed by atoms with E-state index in [9.17, 15) is 14.0 Å². The molecule has 0 amide bonds. The van der Waals surface area contributed by atoms with Crippen LogP contribution in [-0.4, -0.2) is 58.3 Å². The zero-order chi connectivity index (χ0) is 24.8. The molecule has 13 nitrogen and oxygen atoms in total. The molecule has 35 heavy (non-hydrogen) atoms. The van der Waals surface area contributed by atoms with Crippen LogP contribution in [0.4, 0.5) is 5.82 Å². The molecule has 4 atom stereocenters. The average Bonchev–Trinajstić information content (AvgIpc) is 3.49. The minimum absolute atomic E-state index is 0.0198. The van der Waals surface area contributed by atoms with Crippen LogP contribution in [0.1, 0.15) is 42.7 Å². The summed E-state index contributed by atoms with van der Waals surface area (Å²) in [5, 5.41) is 11.9. The second-order valence-electron chi connectivity index (χ2n) is 8.51. The Bertz CT molecular complexity index is 1350. The van der Waals surface area contributed by atoms with E-state index >= 15 is 0 Å². The molecule has 188 valence electrons. The van der Waals surface area contributed by atoms with E-state index in [1.807, 2.05) is 12.1 Å². The summed E-state index contributed by atoms with van der Waals surface area (Å²) in [6, 6.07) is 8.25. The summed E-state index contributed by atoms with van der Waals surface area (Å²) in [6.07, 6.45) is 1.64. The van der Waals surface area contributed by atoms with Crippen molar-refractivity contribution < 1.29 is 33.1 Å². The van der Waals surface area contributed by atoms with Crippen LogP contribution >= 0.6 is 26.8 Å². The molecule has 16 heteroatoms. The van der Waals surface area contributed by atoms with Crippen molar-refractivity contribution in [3.8, 4) is 0 Å². The molecular formula is C19H23ClN6O7P2. The number of nitrogens with zero attached hydrogens (tertiary/aromatic N) is 5. The molecule has 2 aromatic heterocycles. The number of aromatic nitrogens is 5. The maximum Gasteiger partial charge on any atom is 0.340 e. The Labute approximate surface area is 204 Å². The highest BCUT2D eigenvalue weighted by Crippen LogP contribution is 2.55. The maximum atomic E-state index is 11.9. The summed E-state index contributed by atoms with van der Waals surface area (Å²) in [4.78, 5) is 36.1. The van der Waals surface area contributed by atoms with Crippen molar-refractivity contribution in [2.45, 2.75) is 44.1 Å². The molecule has 3 aromatic rings. The lowest BCUT2D eigenvalue weighted by molar-refractivity contribution is -0.0239. The lowest BCUT2D eigenvalue weighted by atomic mass is 10.1. The van der Waals surface area contributed by atoms with Crippen molar-refractivity contribution >= 4 is 43.8 Å². The highest BCUT2D eigenvalue weighted by atomic mass is 35.5. The maximum absolute atomic E-state index is 11.9. The van der Waals surface area contributed by atoms with Crippen LogP contribution in [0.5, 0.6) is 0 Å². The number of ether oxygens (including phenoxy) is 1. The Morgan fingerprint density at radius 3 is 2.77 bits per heavy atom. The fraction of sp³-hybridized carbons (Fsp3) is 0.474. The molecule has 0 radical (unpaired) electrons. The van der Waals surface area contributed by atoms with Gasteiger partial charge in [-0.15, -0.1) is 5.10 Å². The predicted molar refractivity (Wildman–Crippen MR) is 125 cm³/mol. The number of hydrogen-bond acceptors (Lipinski definition) is 9. The number of hydrogen-bond donors (Lipinski definition) is 4. The third-order valence-corrected chi connectivity index (χ3v) is 9.55. The van der Waals surface area contributed by atoms with Gasteiger partial charge in [0.2, 0.25) is 5.28 Å². The molecule has 5 rings (SSSR count). The monoisotopic (exact) mass is 544 g/mol. The second kappa shape index (κ2) is 9.49. The summed E-state index contributed by atoms with van der Waals surface area (Å²) in [5.74, 6) is -0.787. The van der Waals surface area contributed by atoms with Gasteiger partial charge in [0.15, 0.2) is 29.1 Å². The molecule has 4 N–H and O–H groups in total. The van der Waals surface area contributed by atoms with Crippen molar-refractivity contribution in [1.29, 1.82) is 0 Å². The summed E-state index contributed by atoms with van der Waals surface area (Å²) in [6.45, 7) is -0.305. The predicted octanol–water partition coefficient (Wildman–Crippen LogP) is 2.99. The zero-order valence-corrected chi connectivity index (χ0v) is 20.8. The molecule has 1 aromatic carbocycles. The van der Waals surface area contributed by atoms with Gasteiger partial charge in [0.05, 0.1) is 18.8 Å². The lowest BCUT2D eigenvalue weighted by Gasteiger charge is -2.17. The van der Waals surface area contributed by atoms with Gasteiger partial charge in [0.25, 0.3) is 0 Å². The van der Waals surface area contributed by atoms with Crippen LogP contribution in [0.3, 0.4) is 0 Å². The molecule has 1 fully saturated rings. The minimum Gasteiger partial charge on any atom is -0.361 e. The summed E-state index contributed by atoms with van der Waals surface area (Å²) in [7, 11) is -9.16.